The van der Waals surface area contributed by atoms with Crippen molar-refractivity contribution >= 4 is 17.5 Å². The van der Waals surface area contributed by atoms with Gasteiger partial charge in [-0.1, -0.05) is 0 Å². The Balaban J connectivity index is 2.36. The van der Waals surface area contributed by atoms with Crippen LogP contribution in [0.5, 0.6) is 5.75 Å². The summed E-state index contributed by atoms with van der Waals surface area (Å²) in [5.41, 5.74) is 0.360. The second-order valence-electron chi connectivity index (χ2n) is 3.46. The maximum absolute atomic E-state index is 11.9. The Bertz CT molecular complexity index is 387. The van der Waals surface area contributed by atoms with Crippen LogP contribution >= 0.6 is 11.6 Å². The van der Waals surface area contributed by atoms with E-state index in [1.165, 1.54) is 24.3 Å². The Morgan fingerprint density at radius 1 is 1.26 bits per heavy atom. The molecule has 0 radical (unpaired) electrons. The van der Waals surface area contributed by atoms with E-state index in [9.17, 15) is 13.6 Å². The van der Waals surface area contributed by atoms with E-state index in [0.717, 1.165) is 0 Å². The van der Waals surface area contributed by atoms with Crippen LogP contribution in [0.3, 0.4) is 0 Å². The number of rotatable bonds is 8. The maximum Gasteiger partial charge on any atom is 0.387 e. The van der Waals surface area contributed by atoms with Gasteiger partial charge in [-0.05, 0) is 24.3 Å². The molecule has 0 heterocycles. The monoisotopic (exact) mass is 293 g/mol. The van der Waals surface area contributed by atoms with Crippen LogP contribution in [0.4, 0.5) is 8.78 Å². The predicted octanol–water partition coefficient (Wildman–Crippen LogP) is 2.27. The van der Waals surface area contributed by atoms with Crippen LogP contribution in [0.15, 0.2) is 24.3 Å². The molecular weight excluding hydrogens is 280 g/mol. The Labute approximate surface area is 114 Å². The fourth-order valence-corrected chi connectivity index (χ4v) is 1.39. The second kappa shape index (κ2) is 8.66. The number of halogens is 3. The van der Waals surface area contributed by atoms with Crippen molar-refractivity contribution in [2.45, 2.75) is 6.61 Å². The lowest BCUT2D eigenvalue weighted by atomic mass is 10.2. The number of nitrogens with one attached hydrogen (secondary N) is 1. The zero-order valence-electron chi connectivity index (χ0n) is 10.1. The number of hydrogen-bond acceptors (Lipinski definition) is 3. The van der Waals surface area contributed by atoms with Crippen molar-refractivity contribution in [3.05, 3.63) is 29.8 Å². The SMILES string of the molecule is O=C(NCCOCCCl)c1ccc(OC(F)F)cc1. The van der Waals surface area contributed by atoms with Gasteiger partial charge in [-0.25, -0.2) is 0 Å². The normalized spacial score (nSPS) is 10.5. The molecule has 0 atom stereocenters. The minimum atomic E-state index is -2.88. The minimum Gasteiger partial charge on any atom is -0.435 e. The van der Waals surface area contributed by atoms with Crippen molar-refractivity contribution in [1.82, 2.24) is 5.32 Å². The Morgan fingerprint density at radius 3 is 2.53 bits per heavy atom. The molecule has 7 heteroatoms. The van der Waals surface area contributed by atoms with Crippen LogP contribution in [0, 0.1) is 0 Å². The molecule has 4 nitrogen and oxygen atoms in total. The number of carbonyl (C=O) groups is 1. The van der Waals surface area contributed by atoms with Gasteiger partial charge >= 0.3 is 6.61 Å². The first kappa shape index (κ1) is 15.7. The van der Waals surface area contributed by atoms with E-state index < -0.39 is 6.61 Å². The first-order chi connectivity index (χ1) is 9.13. The molecule has 0 saturated heterocycles. The fourth-order valence-electron chi connectivity index (χ4n) is 1.28. The van der Waals surface area contributed by atoms with E-state index in [4.69, 9.17) is 16.3 Å². The molecule has 0 fully saturated rings. The largest absolute Gasteiger partial charge is 0.435 e. The molecule has 0 aliphatic heterocycles. The van der Waals surface area contributed by atoms with Gasteiger partial charge < -0.3 is 14.8 Å². The molecule has 0 saturated carbocycles. The number of amides is 1. The zero-order chi connectivity index (χ0) is 14.1. The summed E-state index contributed by atoms with van der Waals surface area (Å²) in [7, 11) is 0. The van der Waals surface area contributed by atoms with Crippen LogP contribution < -0.4 is 10.1 Å². The molecule has 0 bridgehead atoms. The fraction of sp³-hybridized carbons (Fsp3) is 0.417. The summed E-state index contributed by atoms with van der Waals surface area (Å²) < 4.78 is 33.1. The Kier molecular flexibility index (Phi) is 7.14. The second-order valence-corrected chi connectivity index (χ2v) is 3.84. The third-order valence-electron chi connectivity index (χ3n) is 2.10. The summed E-state index contributed by atoms with van der Waals surface area (Å²) in [5.74, 6) is 0.106. The molecule has 106 valence electrons. The molecule has 0 aliphatic rings. The van der Waals surface area contributed by atoms with Crippen LogP contribution in [0.1, 0.15) is 10.4 Å². The molecule has 1 aromatic carbocycles. The molecule has 1 N–H and O–H groups in total. The van der Waals surface area contributed by atoms with Gasteiger partial charge in [-0.15, -0.1) is 11.6 Å². The summed E-state index contributed by atoms with van der Waals surface area (Å²) in [4.78, 5) is 11.6. The number of alkyl halides is 3. The number of ether oxygens (including phenoxy) is 2. The van der Waals surface area contributed by atoms with Crippen LogP contribution in [0.2, 0.25) is 0 Å². The molecule has 0 spiro atoms. The van der Waals surface area contributed by atoms with Crippen LogP contribution in [0.25, 0.3) is 0 Å². The van der Waals surface area contributed by atoms with Gasteiger partial charge in [0.1, 0.15) is 5.75 Å². The molecule has 0 unspecified atom stereocenters. The lowest BCUT2D eigenvalue weighted by Gasteiger charge is -2.07. The molecule has 19 heavy (non-hydrogen) atoms. The lowest BCUT2D eigenvalue weighted by Crippen LogP contribution is -2.27. The van der Waals surface area contributed by atoms with Crippen molar-refractivity contribution in [2.24, 2.45) is 0 Å². The van der Waals surface area contributed by atoms with Crippen molar-refractivity contribution in [1.29, 1.82) is 0 Å². The van der Waals surface area contributed by atoms with Gasteiger partial charge in [0.15, 0.2) is 0 Å². The van der Waals surface area contributed by atoms with Gasteiger partial charge in [0.25, 0.3) is 5.91 Å². The van der Waals surface area contributed by atoms with E-state index in [0.29, 0.717) is 31.2 Å². The van der Waals surface area contributed by atoms with Gasteiger partial charge in [-0.3, -0.25) is 4.79 Å². The Morgan fingerprint density at radius 2 is 1.95 bits per heavy atom. The topological polar surface area (TPSA) is 47.6 Å². The highest BCUT2D eigenvalue weighted by molar-refractivity contribution is 6.17. The van der Waals surface area contributed by atoms with E-state index in [-0.39, 0.29) is 11.7 Å². The van der Waals surface area contributed by atoms with Crippen molar-refractivity contribution < 1.29 is 23.0 Å². The van der Waals surface area contributed by atoms with Crippen LogP contribution in [-0.2, 0) is 4.74 Å². The maximum atomic E-state index is 11.9. The summed E-state index contributed by atoms with van der Waals surface area (Å²) in [6.45, 7) is -1.73. The quantitative estimate of drug-likeness (QED) is 0.591. The molecule has 0 aromatic heterocycles. The summed E-state index contributed by atoms with van der Waals surface area (Å²) in [6, 6.07) is 5.44. The Hall–Kier alpha value is -1.40. The molecular formula is C12H14ClF2NO3. The van der Waals surface area contributed by atoms with Crippen molar-refractivity contribution in [3.63, 3.8) is 0 Å². The standard InChI is InChI=1S/C12H14ClF2NO3/c13-5-7-18-8-6-16-11(17)9-1-3-10(4-2-9)19-12(14)15/h1-4,12H,5-8H2,(H,16,17). The van der Waals surface area contributed by atoms with Gasteiger partial charge in [0.05, 0.1) is 13.2 Å². The summed E-state index contributed by atoms with van der Waals surface area (Å²) in [5, 5.41) is 2.62. The highest BCUT2D eigenvalue weighted by Crippen LogP contribution is 2.14. The third kappa shape index (κ3) is 6.35. The van der Waals surface area contributed by atoms with E-state index >= 15 is 0 Å². The lowest BCUT2D eigenvalue weighted by molar-refractivity contribution is -0.0498. The number of benzene rings is 1. The van der Waals surface area contributed by atoms with E-state index in [1.807, 2.05) is 0 Å². The van der Waals surface area contributed by atoms with Crippen molar-refractivity contribution in [2.75, 3.05) is 25.6 Å². The van der Waals surface area contributed by atoms with Gasteiger partial charge in [0, 0.05) is 18.0 Å². The first-order valence-corrected chi connectivity index (χ1v) is 6.13. The molecule has 1 aromatic rings. The summed E-state index contributed by atoms with van der Waals surface area (Å²) >= 11 is 5.41. The number of carbonyl (C=O) groups excluding carboxylic acids is 1. The average molecular weight is 294 g/mol. The zero-order valence-corrected chi connectivity index (χ0v) is 10.8. The van der Waals surface area contributed by atoms with Gasteiger partial charge in [0.2, 0.25) is 0 Å². The van der Waals surface area contributed by atoms with E-state index in [2.05, 4.69) is 10.1 Å². The van der Waals surface area contributed by atoms with Crippen LogP contribution in [-0.4, -0.2) is 38.2 Å². The third-order valence-corrected chi connectivity index (χ3v) is 2.25. The minimum absolute atomic E-state index is 0.0111. The predicted molar refractivity (Wildman–Crippen MR) is 66.9 cm³/mol. The molecule has 0 aliphatic carbocycles. The highest BCUT2D eigenvalue weighted by atomic mass is 35.5. The highest BCUT2D eigenvalue weighted by Gasteiger charge is 2.07. The number of hydrogen-bond donors (Lipinski definition) is 1. The summed E-state index contributed by atoms with van der Waals surface area (Å²) in [6.07, 6.45) is 0. The van der Waals surface area contributed by atoms with Gasteiger partial charge in [-0.2, -0.15) is 8.78 Å². The molecule has 1 rings (SSSR count). The van der Waals surface area contributed by atoms with Crippen molar-refractivity contribution in [3.8, 4) is 5.75 Å². The molecule has 1 amide bonds. The van der Waals surface area contributed by atoms with E-state index in [1.54, 1.807) is 0 Å². The smallest absolute Gasteiger partial charge is 0.387 e. The average Bonchev–Trinajstić information content (AvgIpc) is 2.38. The first-order valence-electron chi connectivity index (χ1n) is 5.60.